The molecule has 0 unspecified atom stereocenters. The Labute approximate surface area is 225 Å². The maximum atomic E-state index is 13.9. The molecular weight excluding hydrogens is 506 g/mol. The van der Waals surface area contributed by atoms with Gasteiger partial charge in [0, 0.05) is 18.7 Å². The quantitative estimate of drug-likeness (QED) is 0.440. The van der Waals surface area contributed by atoms with E-state index in [0.717, 1.165) is 35.6 Å². The van der Waals surface area contributed by atoms with Gasteiger partial charge in [0.1, 0.15) is 12.6 Å². The van der Waals surface area contributed by atoms with E-state index in [1.807, 2.05) is 37.3 Å². The summed E-state index contributed by atoms with van der Waals surface area (Å²) in [6.07, 6.45) is 5.00. The zero-order valence-electron chi connectivity index (χ0n) is 22.1. The predicted octanol–water partition coefficient (Wildman–Crippen LogP) is 3.48. The van der Waals surface area contributed by atoms with E-state index in [2.05, 4.69) is 5.32 Å². The van der Waals surface area contributed by atoms with Crippen molar-refractivity contribution in [3.63, 3.8) is 0 Å². The number of ether oxygens (including phenoxy) is 2. The Hall–Kier alpha value is -3.27. The van der Waals surface area contributed by atoms with Gasteiger partial charge in [-0.05, 0) is 50.3 Å². The summed E-state index contributed by atoms with van der Waals surface area (Å²) in [5, 5.41) is 3.12. The van der Waals surface area contributed by atoms with Crippen LogP contribution in [0.2, 0.25) is 0 Å². The smallest absolute Gasteiger partial charge is 0.244 e. The van der Waals surface area contributed by atoms with Gasteiger partial charge in [0.15, 0.2) is 11.5 Å². The lowest BCUT2D eigenvalue weighted by atomic mass is 10.1. The summed E-state index contributed by atoms with van der Waals surface area (Å²) in [5.41, 5.74) is 1.35. The van der Waals surface area contributed by atoms with Gasteiger partial charge >= 0.3 is 0 Å². The first-order chi connectivity index (χ1) is 18.3. The fourth-order valence-electron chi connectivity index (χ4n) is 5.02. The molecule has 1 aliphatic carbocycles. The average molecular weight is 544 g/mol. The molecule has 0 spiro atoms. The third-order valence-corrected chi connectivity index (χ3v) is 8.94. The summed E-state index contributed by atoms with van der Waals surface area (Å²) in [6.45, 7) is 3.34. The number of carbonyl (C=O) groups is 2. The van der Waals surface area contributed by atoms with Crippen LogP contribution in [-0.2, 0) is 26.0 Å². The van der Waals surface area contributed by atoms with Gasteiger partial charge in [0.25, 0.3) is 0 Å². The van der Waals surface area contributed by atoms with Gasteiger partial charge in [-0.1, -0.05) is 50.1 Å². The van der Waals surface area contributed by atoms with E-state index in [0.29, 0.717) is 36.6 Å². The van der Waals surface area contributed by atoms with Gasteiger partial charge in [0.05, 0.1) is 11.4 Å². The minimum absolute atomic E-state index is 0.0554. The first-order valence-corrected chi connectivity index (χ1v) is 15.0. The molecule has 2 aromatic rings. The number of sulfonamides is 1. The summed E-state index contributed by atoms with van der Waals surface area (Å²) < 4.78 is 38.2. The van der Waals surface area contributed by atoms with Crippen molar-refractivity contribution in [2.75, 3.05) is 29.9 Å². The molecule has 4 rings (SSSR count). The Kier molecular flexibility index (Phi) is 9.14. The van der Waals surface area contributed by atoms with Gasteiger partial charge < -0.3 is 19.7 Å². The lowest BCUT2D eigenvalue weighted by molar-refractivity contribution is -0.139. The molecule has 206 valence electrons. The zero-order valence-corrected chi connectivity index (χ0v) is 22.9. The molecule has 0 saturated heterocycles. The molecule has 0 radical (unpaired) electrons. The van der Waals surface area contributed by atoms with Crippen LogP contribution >= 0.6 is 0 Å². The minimum Gasteiger partial charge on any atom is -0.454 e. The van der Waals surface area contributed by atoms with Crippen molar-refractivity contribution in [1.29, 1.82) is 0 Å². The number of fused-ring (bicyclic) bond motifs is 1. The molecule has 1 atom stereocenters. The first kappa shape index (κ1) is 27.8. The zero-order chi connectivity index (χ0) is 27.1. The second-order valence-corrected chi connectivity index (χ2v) is 11.9. The fraction of sp³-hybridized carbons (Fsp3) is 0.500. The molecule has 9 nitrogen and oxygen atoms in total. The predicted molar refractivity (Wildman–Crippen MR) is 146 cm³/mol. The first-order valence-electron chi connectivity index (χ1n) is 13.4. The van der Waals surface area contributed by atoms with Crippen molar-refractivity contribution >= 4 is 27.5 Å². The van der Waals surface area contributed by atoms with Gasteiger partial charge in [0.2, 0.25) is 28.6 Å². The second kappa shape index (κ2) is 12.5. The van der Waals surface area contributed by atoms with E-state index >= 15 is 0 Å². The second-order valence-electron chi connectivity index (χ2n) is 9.68. The van der Waals surface area contributed by atoms with E-state index in [1.54, 1.807) is 23.1 Å². The normalized spacial score (nSPS) is 15.7. The summed E-state index contributed by atoms with van der Waals surface area (Å²) in [5.74, 6) is 0.151. The number of nitrogens with zero attached hydrogens (tertiary/aromatic N) is 2. The number of amides is 2. The highest BCUT2D eigenvalue weighted by atomic mass is 32.2. The van der Waals surface area contributed by atoms with Crippen LogP contribution in [0, 0.1) is 0 Å². The van der Waals surface area contributed by atoms with E-state index in [9.17, 15) is 18.0 Å². The topological polar surface area (TPSA) is 105 Å². The van der Waals surface area contributed by atoms with Gasteiger partial charge in [-0.25, -0.2) is 8.42 Å². The van der Waals surface area contributed by atoms with Gasteiger partial charge in [-0.3, -0.25) is 13.9 Å². The van der Waals surface area contributed by atoms with Crippen molar-refractivity contribution in [3.05, 3.63) is 54.1 Å². The molecule has 0 bridgehead atoms. The molecule has 38 heavy (non-hydrogen) atoms. The third kappa shape index (κ3) is 6.59. The fourth-order valence-corrected chi connectivity index (χ4v) is 6.08. The van der Waals surface area contributed by atoms with Crippen LogP contribution in [-0.4, -0.2) is 62.9 Å². The van der Waals surface area contributed by atoms with Crippen molar-refractivity contribution in [3.8, 4) is 11.5 Å². The largest absolute Gasteiger partial charge is 0.454 e. The SMILES string of the molecule is CC[C@H](C(=O)NC1CCCC1)N(CCc1ccccc1)C(=O)CN(c1ccc2c(c1)OCO2)S(=O)(=O)CC. The number of carbonyl (C=O) groups excluding carboxylic acids is 2. The number of anilines is 1. The van der Waals surface area contributed by atoms with Crippen LogP contribution in [0.4, 0.5) is 5.69 Å². The third-order valence-electron chi connectivity index (χ3n) is 7.20. The van der Waals surface area contributed by atoms with E-state index in [4.69, 9.17) is 9.47 Å². The maximum Gasteiger partial charge on any atom is 0.244 e. The van der Waals surface area contributed by atoms with Crippen molar-refractivity contribution in [1.82, 2.24) is 10.2 Å². The van der Waals surface area contributed by atoms with Crippen LogP contribution in [0.25, 0.3) is 0 Å². The molecule has 0 aromatic heterocycles. The lowest BCUT2D eigenvalue weighted by Crippen LogP contribution is -2.54. The highest BCUT2D eigenvalue weighted by molar-refractivity contribution is 7.92. The van der Waals surface area contributed by atoms with E-state index < -0.39 is 28.5 Å². The average Bonchev–Trinajstić information content (AvgIpc) is 3.61. The molecule has 2 amide bonds. The number of hydrogen-bond donors (Lipinski definition) is 1. The van der Waals surface area contributed by atoms with E-state index in [-0.39, 0.29) is 24.5 Å². The van der Waals surface area contributed by atoms with Crippen molar-refractivity contribution in [2.24, 2.45) is 0 Å². The van der Waals surface area contributed by atoms with Crippen LogP contribution < -0.4 is 19.1 Å². The maximum absolute atomic E-state index is 13.9. The molecule has 1 N–H and O–H groups in total. The Bertz CT molecular complexity index is 1210. The minimum atomic E-state index is -3.81. The van der Waals surface area contributed by atoms with Crippen LogP contribution in [0.5, 0.6) is 11.5 Å². The van der Waals surface area contributed by atoms with Crippen LogP contribution in [0.1, 0.15) is 51.5 Å². The van der Waals surface area contributed by atoms with E-state index in [1.165, 1.54) is 6.92 Å². The Morgan fingerprint density at radius 2 is 1.74 bits per heavy atom. The van der Waals surface area contributed by atoms with Gasteiger partial charge in [-0.15, -0.1) is 0 Å². The Morgan fingerprint density at radius 1 is 1.03 bits per heavy atom. The summed E-state index contributed by atoms with van der Waals surface area (Å²) in [6, 6.07) is 14.0. The molecule has 1 saturated carbocycles. The molecule has 1 fully saturated rings. The standard InChI is InChI=1S/C28H37N3O6S/c1-3-24(28(33)29-22-12-8-9-13-22)30(17-16-21-10-6-5-7-11-21)27(32)19-31(38(34,35)4-2)23-14-15-25-26(18-23)37-20-36-25/h5-7,10-11,14-15,18,22,24H,3-4,8-9,12-13,16-17,19-20H2,1-2H3,(H,29,33)/t24-/m1/s1. The van der Waals surface area contributed by atoms with Crippen LogP contribution in [0.15, 0.2) is 48.5 Å². The molecule has 2 aromatic carbocycles. The molecule has 2 aliphatic rings. The molecule has 1 heterocycles. The molecule has 1 aliphatic heterocycles. The Balaban J connectivity index is 1.60. The highest BCUT2D eigenvalue weighted by Crippen LogP contribution is 2.36. The Morgan fingerprint density at radius 3 is 2.42 bits per heavy atom. The molecule has 10 heteroatoms. The number of hydrogen-bond acceptors (Lipinski definition) is 6. The monoisotopic (exact) mass is 543 g/mol. The van der Waals surface area contributed by atoms with Crippen molar-refractivity contribution < 1.29 is 27.5 Å². The summed E-state index contributed by atoms with van der Waals surface area (Å²) in [7, 11) is -3.81. The lowest BCUT2D eigenvalue weighted by Gasteiger charge is -2.33. The summed E-state index contributed by atoms with van der Waals surface area (Å²) in [4.78, 5) is 28.8. The highest BCUT2D eigenvalue weighted by Gasteiger charge is 2.33. The summed E-state index contributed by atoms with van der Waals surface area (Å²) >= 11 is 0. The number of benzene rings is 2. The number of nitrogens with one attached hydrogen (secondary N) is 1. The number of rotatable bonds is 12. The van der Waals surface area contributed by atoms with Gasteiger partial charge in [-0.2, -0.15) is 0 Å². The van der Waals surface area contributed by atoms with Crippen LogP contribution in [0.3, 0.4) is 0 Å². The molecular formula is C28H37N3O6S. The van der Waals surface area contributed by atoms with Crippen molar-refractivity contribution in [2.45, 2.75) is 64.5 Å².